The average Bonchev–Trinajstić information content (AvgIpc) is 2.38. The molecule has 0 radical (unpaired) electrons. The van der Waals surface area contributed by atoms with Crippen molar-refractivity contribution in [3.05, 3.63) is 29.8 Å². The first kappa shape index (κ1) is 15.0. The highest BCUT2D eigenvalue weighted by atomic mass is 16.5. The minimum atomic E-state index is 0.266. The number of rotatable bonds is 7. The van der Waals surface area contributed by atoms with Crippen molar-refractivity contribution in [3.63, 3.8) is 0 Å². The zero-order chi connectivity index (χ0) is 13.5. The lowest BCUT2D eigenvalue weighted by Crippen LogP contribution is -2.28. The Kier molecular flexibility index (Phi) is 6.20. The number of para-hydroxylation sites is 1. The molecule has 1 aromatic carbocycles. The molecule has 0 aliphatic heterocycles. The van der Waals surface area contributed by atoms with Crippen LogP contribution in [0.2, 0.25) is 0 Å². The van der Waals surface area contributed by atoms with Crippen LogP contribution in [0.15, 0.2) is 24.3 Å². The fourth-order valence-corrected chi connectivity index (χ4v) is 1.88. The maximum Gasteiger partial charge on any atom is 0.124 e. The predicted molar refractivity (Wildman–Crippen MR) is 78.1 cm³/mol. The van der Waals surface area contributed by atoms with Gasteiger partial charge in [-0.05, 0) is 39.7 Å². The van der Waals surface area contributed by atoms with E-state index < -0.39 is 0 Å². The molecule has 0 aliphatic rings. The van der Waals surface area contributed by atoms with Crippen molar-refractivity contribution in [2.45, 2.75) is 65.6 Å². The summed E-state index contributed by atoms with van der Waals surface area (Å²) in [5.74, 6) is 1.01. The van der Waals surface area contributed by atoms with Crippen molar-refractivity contribution < 1.29 is 4.74 Å². The lowest BCUT2D eigenvalue weighted by Gasteiger charge is -2.23. The van der Waals surface area contributed by atoms with E-state index in [2.05, 4.69) is 58.1 Å². The monoisotopic (exact) mass is 249 g/mol. The van der Waals surface area contributed by atoms with E-state index >= 15 is 0 Å². The number of hydrogen-bond acceptors (Lipinski definition) is 2. The second-order valence-electron chi connectivity index (χ2n) is 5.07. The molecule has 0 bridgehead atoms. The lowest BCUT2D eigenvalue weighted by atomic mass is 10.1. The van der Waals surface area contributed by atoms with Crippen LogP contribution in [-0.2, 0) is 0 Å². The maximum absolute atomic E-state index is 5.99. The highest BCUT2D eigenvalue weighted by molar-refractivity contribution is 5.35. The quantitative estimate of drug-likeness (QED) is 0.777. The summed E-state index contributed by atoms with van der Waals surface area (Å²) in [4.78, 5) is 0. The molecule has 2 heteroatoms. The molecule has 3 atom stereocenters. The summed E-state index contributed by atoms with van der Waals surface area (Å²) < 4.78 is 5.99. The fraction of sp³-hybridized carbons (Fsp3) is 0.625. The summed E-state index contributed by atoms with van der Waals surface area (Å²) >= 11 is 0. The molecule has 0 amide bonds. The van der Waals surface area contributed by atoms with Crippen LogP contribution in [-0.4, -0.2) is 12.1 Å². The van der Waals surface area contributed by atoms with Gasteiger partial charge in [0.1, 0.15) is 5.75 Å². The number of hydrogen-bond donors (Lipinski definition) is 1. The van der Waals surface area contributed by atoms with Crippen molar-refractivity contribution >= 4 is 0 Å². The van der Waals surface area contributed by atoms with E-state index in [9.17, 15) is 0 Å². The van der Waals surface area contributed by atoms with Crippen LogP contribution < -0.4 is 10.1 Å². The molecule has 0 aliphatic carbocycles. The molecule has 0 heterocycles. The first-order valence-corrected chi connectivity index (χ1v) is 7.10. The summed E-state index contributed by atoms with van der Waals surface area (Å²) in [5.41, 5.74) is 1.25. The fourth-order valence-electron chi connectivity index (χ4n) is 1.88. The van der Waals surface area contributed by atoms with Crippen LogP contribution in [0.1, 0.15) is 59.1 Å². The van der Waals surface area contributed by atoms with E-state index in [-0.39, 0.29) is 6.10 Å². The number of ether oxygens (including phenoxy) is 1. The normalized spacial score (nSPS) is 16.1. The van der Waals surface area contributed by atoms with Crippen LogP contribution in [0, 0.1) is 0 Å². The minimum absolute atomic E-state index is 0.266. The van der Waals surface area contributed by atoms with Gasteiger partial charge in [0.15, 0.2) is 0 Å². The Morgan fingerprint density at radius 2 is 1.72 bits per heavy atom. The van der Waals surface area contributed by atoms with Gasteiger partial charge in [-0.2, -0.15) is 0 Å². The molecule has 0 spiro atoms. The minimum Gasteiger partial charge on any atom is -0.490 e. The standard InChI is InChI=1S/C16H27NO/c1-6-12(3)17-14(5)15-10-8-9-11-16(15)18-13(4)7-2/h8-14,17H,6-7H2,1-5H3/t12-,13-,14-/m0/s1. The first-order valence-electron chi connectivity index (χ1n) is 7.10. The van der Waals surface area contributed by atoms with E-state index in [0.29, 0.717) is 12.1 Å². The van der Waals surface area contributed by atoms with E-state index in [4.69, 9.17) is 4.74 Å². The van der Waals surface area contributed by atoms with Crippen LogP contribution in [0.3, 0.4) is 0 Å². The average molecular weight is 249 g/mol. The lowest BCUT2D eigenvalue weighted by molar-refractivity contribution is 0.213. The van der Waals surface area contributed by atoms with Gasteiger partial charge in [-0.25, -0.2) is 0 Å². The molecule has 0 fully saturated rings. The molecule has 0 saturated heterocycles. The van der Waals surface area contributed by atoms with Gasteiger partial charge in [-0.15, -0.1) is 0 Å². The molecular weight excluding hydrogens is 222 g/mol. The third kappa shape index (κ3) is 4.34. The summed E-state index contributed by atoms with van der Waals surface area (Å²) in [6.07, 6.45) is 2.43. The van der Waals surface area contributed by atoms with Gasteiger partial charge < -0.3 is 10.1 Å². The van der Waals surface area contributed by atoms with Gasteiger partial charge in [0.25, 0.3) is 0 Å². The summed E-state index contributed by atoms with van der Waals surface area (Å²) in [6.45, 7) is 10.9. The Bertz CT molecular complexity index is 351. The van der Waals surface area contributed by atoms with Crippen molar-refractivity contribution in [1.29, 1.82) is 0 Å². The molecule has 0 saturated carbocycles. The van der Waals surface area contributed by atoms with Crippen LogP contribution >= 0.6 is 0 Å². The smallest absolute Gasteiger partial charge is 0.124 e. The maximum atomic E-state index is 5.99. The van der Waals surface area contributed by atoms with E-state index in [1.165, 1.54) is 5.56 Å². The molecule has 0 aromatic heterocycles. The van der Waals surface area contributed by atoms with E-state index in [1.54, 1.807) is 0 Å². The van der Waals surface area contributed by atoms with Crippen molar-refractivity contribution in [2.24, 2.45) is 0 Å². The molecule has 18 heavy (non-hydrogen) atoms. The molecule has 1 rings (SSSR count). The molecule has 1 aromatic rings. The van der Waals surface area contributed by atoms with Crippen molar-refractivity contribution in [1.82, 2.24) is 5.32 Å². The highest BCUT2D eigenvalue weighted by Crippen LogP contribution is 2.26. The zero-order valence-corrected chi connectivity index (χ0v) is 12.4. The molecular formula is C16H27NO. The van der Waals surface area contributed by atoms with E-state index in [0.717, 1.165) is 18.6 Å². The third-order valence-corrected chi connectivity index (χ3v) is 3.44. The van der Waals surface area contributed by atoms with Crippen molar-refractivity contribution in [3.8, 4) is 5.75 Å². The van der Waals surface area contributed by atoms with Gasteiger partial charge in [-0.3, -0.25) is 0 Å². The van der Waals surface area contributed by atoms with Gasteiger partial charge in [0.05, 0.1) is 6.10 Å². The third-order valence-electron chi connectivity index (χ3n) is 3.44. The second-order valence-corrected chi connectivity index (χ2v) is 5.07. The Morgan fingerprint density at radius 3 is 2.33 bits per heavy atom. The van der Waals surface area contributed by atoms with Crippen LogP contribution in [0.25, 0.3) is 0 Å². The molecule has 1 N–H and O–H groups in total. The van der Waals surface area contributed by atoms with Gasteiger partial charge in [-0.1, -0.05) is 32.0 Å². The summed E-state index contributed by atoms with van der Waals surface area (Å²) in [7, 11) is 0. The largest absolute Gasteiger partial charge is 0.490 e. The van der Waals surface area contributed by atoms with Gasteiger partial charge in [0, 0.05) is 17.6 Å². The Balaban J connectivity index is 2.80. The van der Waals surface area contributed by atoms with E-state index in [1.807, 2.05) is 6.07 Å². The second kappa shape index (κ2) is 7.42. The predicted octanol–water partition coefficient (Wildman–Crippen LogP) is 4.31. The topological polar surface area (TPSA) is 21.3 Å². The SMILES string of the molecule is CC[C@H](C)N[C@@H](C)c1ccccc1O[C@@H](C)CC. The molecule has 2 nitrogen and oxygen atoms in total. The first-order chi connectivity index (χ1) is 8.58. The zero-order valence-electron chi connectivity index (χ0n) is 12.4. The Morgan fingerprint density at radius 1 is 1.06 bits per heavy atom. The highest BCUT2D eigenvalue weighted by Gasteiger charge is 2.14. The molecule has 0 unspecified atom stereocenters. The number of benzene rings is 1. The summed E-state index contributed by atoms with van der Waals surface area (Å²) in [5, 5.41) is 3.60. The molecule has 102 valence electrons. The Labute approximate surface area is 112 Å². The van der Waals surface area contributed by atoms with Gasteiger partial charge >= 0.3 is 0 Å². The summed E-state index contributed by atoms with van der Waals surface area (Å²) in [6, 6.07) is 9.18. The Hall–Kier alpha value is -1.02. The van der Waals surface area contributed by atoms with Crippen molar-refractivity contribution in [2.75, 3.05) is 0 Å². The van der Waals surface area contributed by atoms with Gasteiger partial charge in [0.2, 0.25) is 0 Å². The number of nitrogens with one attached hydrogen (secondary N) is 1. The van der Waals surface area contributed by atoms with Crippen LogP contribution in [0.5, 0.6) is 5.75 Å². The van der Waals surface area contributed by atoms with Crippen LogP contribution in [0.4, 0.5) is 0 Å².